The number of nitrogens with one attached hydrogen (secondary N) is 1. The summed E-state index contributed by atoms with van der Waals surface area (Å²) >= 11 is 0. The predicted molar refractivity (Wildman–Crippen MR) is 130 cm³/mol. The molecule has 1 N–H and O–H groups in total. The number of amides is 2. The van der Waals surface area contributed by atoms with E-state index >= 15 is 0 Å². The lowest BCUT2D eigenvalue weighted by Gasteiger charge is -2.19. The van der Waals surface area contributed by atoms with Gasteiger partial charge in [0.15, 0.2) is 0 Å². The highest BCUT2D eigenvalue weighted by Gasteiger charge is 2.41. The molecule has 0 aliphatic carbocycles. The fourth-order valence-electron chi connectivity index (χ4n) is 4.07. The molecular weight excluding hydrogens is 434 g/mol. The van der Waals surface area contributed by atoms with E-state index in [1.165, 1.54) is 0 Å². The molecule has 1 aliphatic rings. The Labute approximate surface area is 197 Å². The lowest BCUT2D eigenvalue weighted by atomic mass is 9.87. The van der Waals surface area contributed by atoms with Gasteiger partial charge < -0.3 is 5.32 Å². The number of imide groups is 1. The largest absolute Gasteiger partial charge is 0.350 e. The van der Waals surface area contributed by atoms with E-state index < -0.39 is 23.4 Å². The zero-order chi connectivity index (χ0) is 24.8. The molecule has 1 aliphatic heterocycles. The number of carbonyl (C=O) groups excluding carboxylic acids is 2. The summed E-state index contributed by atoms with van der Waals surface area (Å²) in [5.74, 6) is -3.15. The molecule has 174 valence electrons. The van der Waals surface area contributed by atoms with Crippen molar-refractivity contribution in [2.75, 3.05) is 10.2 Å². The molecule has 1 heterocycles. The number of aryl methyl sites for hydroxylation is 2. The number of halogens is 2. The Bertz CT molecular complexity index is 1340. The Kier molecular flexibility index (Phi) is 5.86. The summed E-state index contributed by atoms with van der Waals surface area (Å²) in [5.41, 5.74) is 3.97. The molecule has 6 heteroatoms. The third-order valence-electron chi connectivity index (χ3n) is 5.91. The molecule has 0 atom stereocenters. The van der Waals surface area contributed by atoms with Gasteiger partial charge in [0, 0.05) is 11.8 Å². The summed E-state index contributed by atoms with van der Waals surface area (Å²) in [7, 11) is 0. The van der Waals surface area contributed by atoms with Crippen LogP contribution in [-0.4, -0.2) is 11.8 Å². The Morgan fingerprint density at radius 1 is 0.824 bits per heavy atom. The molecule has 3 aromatic rings. The molecule has 3 aromatic carbocycles. The number of hydrogen-bond donors (Lipinski definition) is 1. The summed E-state index contributed by atoms with van der Waals surface area (Å²) in [6.07, 6.45) is 0. The monoisotopic (exact) mass is 460 g/mol. The van der Waals surface area contributed by atoms with Gasteiger partial charge in [-0.3, -0.25) is 9.59 Å². The van der Waals surface area contributed by atoms with E-state index in [1.807, 2.05) is 50.2 Å². The first kappa shape index (κ1) is 23.4. The van der Waals surface area contributed by atoms with E-state index in [-0.39, 0.29) is 22.4 Å². The topological polar surface area (TPSA) is 49.4 Å². The van der Waals surface area contributed by atoms with E-state index in [9.17, 15) is 18.4 Å². The first-order valence-electron chi connectivity index (χ1n) is 11.0. The van der Waals surface area contributed by atoms with Gasteiger partial charge >= 0.3 is 0 Å². The van der Waals surface area contributed by atoms with Gasteiger partial charge in [0.05, 0.1) is 11.3 Å². The van der Waals surface area contributed by atoms with Gasteiger partial charge in [-0.2, -0.15) is 0 Å². The van der Waals surface area contributed by atoms with Crippen LogP contribution in [0.2, 0.25) is 0 Å². The van der Waals surface area contributed by atoms with Gasteiger partial charge in [-0.1, -0.05) is 56.7 Å². The third kappa shape index (κ3) is 4.23. The lowest BCUT2D eigenvalue weighted by molar-refractivity contribution is -0.120. The number of nitrogens with zero attached hydrogens (tertiary/aromatic N) is 1. The average molecular weight is 461 g/mol. The van der Waals surface area contributed by atoms with Crippen LogP contribution in [0.1, 0.15) is 43.0 Å². The van der Waals surface area contributed by atoms with Gasteiger partial charge in [-0.25, -0.2) is 13.7 Å². The summed E-state index contributed by atoms with van der Waals surface area (Å²) in [6, 6.07) is 15.9. The standard InChI is InChI=1S/C28H26F2N2O2/c1-16-6-12-21(17(2)14-16)24-25(31-20-10-7-18(8-11-20)28(3,4)5)27(34)32(26(24)33)23-13-9-19(29)15-22(23)30/h6-15,31H,1-5H3. The molecule has 0 saturated carbocycles. The van der Waals surface area contributed by atoms with Crippen LogP contribution in [0.15, 0.2) is 66.4 Å². The quantitative estimate of drug-likeness (QED) is 0.467. The molecule has 0 aromatic heterocycles. The minimum absolute atomic E-state index is 0.0436. The lowest BCUT2D eigenvalue weighted by Crippen LogP contribution is -2.33. The van der Waals surface area contributed by atoms with Crippen LogP contribution in [0.4, 0.5) is 20.2 Å². The van der Waals surface area contributed by atoms with Crippen molar-refractivity contribution in [1.82, 2.24) is 0 Å². The van der Waals surface area contributed by atoms with E-state index in [4.69, 9.17) is 0 Å². The average Bonchev–Trinajstić information content (AvgIpc) is 2.98. The number of rotatable bonds is 4. The number of carbonyl (C=O) groups is 2. The summed E-state index contributed by atoms with van der Waals surface area (Å²) in [4.78, 5) is 27.8. The highest BCUT2D eigenvalue weighted by Crippen LogP contribution is 2.36. The fourth-order valence-corrected chi connectivity index (χ4v) is 4.07. The van der Waals surface area contributed by atoms with Crippen molar-refractivity contribution in [3.05, 3.63) is 100 Å². The highest BCUT2D eigenvalue weighted by molar-refractivity contribution is 6.46. The maximum absolute atomic E-state index is 14.6. The van der Waals surface area contributed by atoms with Crippen molar-refractivity contribution in [1.29, 1.82) is 0 Å². The second-order valence-electron chi connectivity index (χ2n) is 9.56. The van der Waals surface area contributed by atoms with Gasteiger partial charge in [0.1, 0.15) is 17.3 Å². The van der Waals surface area contributed by atoms with Crippen LogP contribution < -0.4 is 10.2 Å². The molecule has 0 bridgehead atoms. The molecule has 0 radical (unpaired) electrons. The molecule has 0 fully saturated rings. The van der Waals surface area contributed by atoms with Crippen LogP contribution in [0, 0.1) is 25.5 Å². The summed E-state index contributed by atoms with van der Waals surface area (Å²) < 4.78 is 28.1. The molecule has 0 spiro atoms. The van der Waals surface area contributed by atoms with Crippen LogP contribution >= 0.6 is 0 Å². The van der Waals surface area contributed by atoms with Crippen molar-refractivity contribution in [3.63, 3.8) is 0 Å². The first-order valence-corrected chi connectivity index (χ1v) is 11.0. The van der Waals surface area contributed by atoms with Gasteiger partial charge in [-0.15, -0.1) is 0 Å². The number of hydrogen-bond acceptors (Lipinski definition) is 3. The van der Waals surface area contributed by atoms with Crippen molar-refractivity contribution in [2.24, 2.45) is 0 Å². The summed E-state index contributed by atoms with van der Waals surface area (Å²) in [5, 5.41) is 3.09. The van der Waals surface area contributed by atoms with Crippen molar-refractivity contribution >= 4 is 28.8 Å². The number of benzene rings is 3. The van der Waals surface area contributed by atoms with E-state index in [0.29, 0.717) is 17.3 Å². The highest BCUT2D eigenvalue weighted by atomic mass is 19.1. The minimum Gasteiger partial charge on any atom is -0.350 e. The Morgan fingerprint density at radius 2 is 1.50 bits per heavy atom. The number of anilines is 2. The summed E-state index contributed by atoms with van der Waals surface area (Å²) in [6.45, 7) is 10.1. The second kappa shape index (κ2) is 8.52. The molecule has 34 heavy (non-hydrogen) atoms. The minimum atomic E-state index is -0.988. The smallest absolute Gasteiger partial charge is 0.282 e. The van der Waals surface area contributed by atoms with Crippen molar-refractivity contribution in [3.8, 4) is 0 Å². The SMILES string of the molecule is Cc1ccc(C2=C(Nc3ccc(C(C)(C)C)cc3)C(=O)N(c3ccc(F)cc3F)C2=O)c(C)c1. The molecule has 0 unspecified atom stereocenters. The predicted octanol–water partition coefficient (Wildman–Crippen LogP) is 6.28. The van der Waals surface area contributed by atoms with Crippen LogP contribution in [-0.2, 0) is 15.0 Å². The van der Waals surface area contributed by atoms with Crippen LogP contribution in [0.5, 0.6) is 0 Å². The Balaban J connectivity index is 1.83. The van der Waals surface area contributed by atoms with E-state index in [0.717, 1.165) is 33.7 Å². The van der Waals surface area contributed by atoms with Gasteiger partial charge in [0.2, 0.25) is 0 Å². The molecule has 0 saturated heterocycles. The van der Waals surface area contributed by atoms with Crippen LogP contribution in [0.25, 0.3) is 5.57 Å². The second-order valence-corrected chi connectivity index (χ2v) is 9.56. The van der Waals surface area contributed by atoms with E-state index in [2.05, 4.69) is 26.1 Å². The molecule has 2 amide bonds. The zero-order valence-electron chi connectivity index (χ0n) is 19.8. The van der Waals surface area contributed by atoms with Gasteiger partial charge in [-0.05, 0) is 60.2 Å². The van der Waals surface area contributed by atoms with Gasteiger partial charge in [0.25, 0.3) is 11.8 Å². The molecular formula is C28H26F2N2O2. The fraction of sp³-hybridized carbons (Fsp3) is 0.214. The van der Waals surface area contributed by atoms with Crippen molar-refractivity contribution in [2.45, 2.75) is 40.0 Å². The Hall–Kier alpha value is -3.80. The maximum Gasteiger partial charge on any atom is 0.282 e. The molecule has 4 rings (SSSR count). The van der Waals surface area contributed by atoms with E-state index in [1.54, 1.807) is 6.07 Å². The molecule has 4 nitrogen and oxygen atoms in total. The first-order chi connectivity index (χ1) is 16.0. The zero-order valence-corrected chi connectivity index (χ0v) is 19.8. The van der Waals surface area contributed by atoms with Crippen LogP contribution in [0.3, 0.4) is 0 Å². The normalized spacial score (nSPS) is 14.3. The third-order valence-corrected chi connectivity index (χ3v) is 5.91. The van der Waals surface area contributed by atoms with Crippen molar-refractivity contribution < 1.29 is 18.4 Å². The Morgan fingerprint density at radius 3 is 2.09 bits per heavy atom. The maximum atomic E-state index is 14.6.